The van der Waals surface area contributed by atoms with E-state index in [1.165, 1.54) is 24.0 Å². The summed E-state index contributed by atoms with van der Waals surface area (Å²) in [5.41, 5.74) is 5.00. The van der Waals surface area contributed by atoms with Crippen molar-refractivity contribution in [2.24, 2.45) is 0 Å². The molecule has 0 bridgehead atoms. The molecule has 22 heavy (non-hydrogen) atoms. The van der Waals surface area contributed by atoms with Crippen molar-refractivity contribution in [2.75, 3.05) is 6.54 Å². The fourth-order valence-electron chi connectivity index (χ4n) is 3.27. The lowest BCUT2D eigenvalue weighted by Gasteiger charge is -2.17. The number of hydrogen-bond donors (Lipinski definition) is 2. The maximum atomic E-state index is 12.3. The molecule has 1 aliphatic carbocycles. The molecule has 3 rings (SSSR count). The first kappa shape index (κ1) is 15.4. The second-order valence-electron chi connectivity index (χ2n) is 6.29. The lowest BCUT2D eigenvalue weighted by molar-refractivity contribution is -0.126. The molecule has 0 fully saturated rings. The average molecular weight is 310 g/mol. The molecule has 2 nitrogen and oxygen atoms in total. The molecule has 5 heteroatoms. The highest BCUT2D eigenvalue weighted by Crippen LogP contribution is 2.28. The number of aromatic nitrogens is 1. The Hall–Kier alpha value is -1.49. The van der Waals surface area contributed by atoms with Crippen molar-refractivity contribution < 1.29 is 13.2 Å². The molecule has 0 saturated carbocycles. The molecule has 0 aliphatic heterocycles. The summed E-state index contributed by atoms with van der Waals surface area (Å²) in [6.45, 7) is 0.856. The highest BCUT2D eigenvalue weighted by Gasteiger charge is 2.27. The molecule has 0 radical (unpaired) electrons. The molecule has 0 spiro atoms. The first-order chi connectivity index (χ1) is 10.4. The number of aryl methyl sites for hydroxylation is 2. The van der Waals surface area contributed by atoms with E-state index < -0.39 is 12.7 Å². The van der Waals surface area contributed by atoms with Crippen LogP contribution in [-0.4, -0.2) is 23.7 Å². The Labute approximate surface area is 128 Å². The van der Waals surface area contributed by atoms with Crippen LogP contribution in [0.25, 0.3) is 10.9 Å². The first-order valence-electron chi connectivity index (χ1n) is 7.84. The number of halogens is 3. The number of hydrogen-bond acceptors (Lipinski definition) is 1. The summed E-state index contributed by atoms with van der Waals surface area (Å²) in [5, 5.41) is 3.70. The van der Waals surface area contributed by atoms with Gasteiger partial charge in [-0.05, 0) is 67.9 Å². The molecule has 120 valence electrons. The molecule has 2 N–H and O–H groups in total. The molecular formula is C17H21F3N2. The third kappa shape index (κ3) is 3.46. The summed E-state index contributed by atoms with van der Waals surface area (Å²) < 4.78 is 36.8. The Morgan fingerprint density at radius 2 is 1.86 bits per heavy atom. The summed E-state index contributed by atoms with van der Waals surface area (Å²) in [7, 11) is 0. The summed E-state index contributed by atoms with van der Waals surface area (Å²) >= 11 is 0. The van der Waals surface area contributed by atoms with Crippen LogP contribution in [0, 0.1) is 0 Å². The van der Waals surface area contributed by atoms with Crippen LogP contribution >= 0.6 is 0 Å². The zero-order valence-corrected chi connectivity index (χ0v) is 12.7. The Kier molecular flexibility index (Phi) is 4.17. The fraction of sp³-hybridized carbons (Fsp3) is 0.529. The van der Waals surface area contributed by atoms with Crippen molar-refractivity contribution in [3.05, 3.63) is 35.0 Å². The van der Waals surface area contributed by atoms with Crippen LogP contribution in [-0.2, 0) is 19.3 Å². The van der Waals surface area contributed by atoms with Crippen molar-refractivity contribution in [3.8, 4) is 0 Å². The van der Waals surface area contributed by atoms with Crippen LogP contribution in [0.5, 0.6) is 0 Å². The van der Waals surface area contributed by atoms with Crippen molar-refractivity contribution in [2.45, 2.75) is 51.2 Å². The minimum atomic E-state index is -4.16. The Balaban J connectivity index is 1.76. The highest BCUT2D eigenvalue weighted by atomic mass is 19.4. The molecule has 2 aromatic rings. The van der Waals surface area contributed by atoms with Crippen LogP contribution in [0.1, 0.15) is 36.5 Å². The molecule has 1 heterocycles. The van der Waals surface area contributed by atoms with Crippen LogP contribution in [0.3, 0.4) is 0 Å². The van der Waals surface area contributed by atoms with Crippen LogP contribution in [0.4, 0.5) is 13.2 Å². The van der Waals surface area contributed by atoms with Crippen LogP contribution in [0.2, 0.25) is 0 Å². The lowest BCUT2D eigenvalue weighted by Crippen LogP contribution is -2.36. The molecule has 1 aromatic carbocycles. The van der Waals surface area contributed by atoms with Gasteiger partial charge < -0.3 is 10.3 Å². The van der Waals surface area contributed by atoms with Crippen LogP contribution in [0.15, 0.2) is 18.3 Å². The monoisotopic (exact) mass is 310 g/mol. The van der Waals surface area contributed by atoms with Gasteiger partial charge in [0.2, 0.25) is 0 Å². The third-order valence-electron chi connectivity index (χ3n) is 4.41. The number of H-pyrrole nitrogens is 1. The van der Waals surface area contributed by atoms with Gasteiger partial charge in [-0.3, -0.25) is 0 Å². The smallest absolute Gasteiger partial charge is 0.361 e. The summed E-state index contributed by atoms with van der Waals surface area (Å²) in [4.78, 5) is 3.27. The highest BCUT2D eigenvalue weighted by molar-refractivity contribution is 5.85. The van der Waals surface area contributed by atoms with Gasteiger partial charge in [-0.15, -0.1) is 0 Å². The van der Waals surface area contributed by atoms with Crippen molar-refractivity contribution in [1.82, 2.24) is 10.3 Å². The standard InChI is InChI=1S/C17H21F3N2/c1-11(22-10-17(18,19)20)6-14-9-21-16-8-13-5-3-2-4-12(13)7-15(14)16/h7-9,11,21-22H,2-6,10H2,1H3. The van der Waals surface area contributed by atoms with Gasteiger partial charge in [0.05, 0.1) is 6.54 Å². The number of alkyl halides is 3. The molecule has 1 unspecified atom stereocenters. The van der Waals surface area contributed by atoms with Gasteiger partial charge in [0.25, 0.3) is 0 Å². The number of aromatic amines is 1. The molecule has 1 atom stereocenters. The molecule has 1 aliphatic rings. The van der Waals surface area contributed by atoms with E-state index in [1.807, 2.05) is 6.20 Å². The number of benzene rings is 1. The van der Waals surface area contributed by atoms with Gasteiger partial charge in [-0.25, -0.2) is 0 Å². The molecule has 1 aromatic heterocycles. The first-order valence-corrected chi connectivity index (χ1v) is 7.84. The molecule has 0 amide bonds. The zero-order chi connectivity index (χ0) is 15.7. The maximum absolute atomic E-state index is 12.3. The second kappa shape index (κ2) is 5.95. The van der Waals surface area contributed by atoms with E-state index in [9.17, 15) is 13.2 Å². The van der Waals surface area contributed by atoms with E-state index in [0.29, 0.717) is 6.42 Å². The van der Waals surface area contributed by atoms with Crippen molar-refractivity contribution >= 4 is 10.9 Å². The third-order valence-corrected chi connectivity index (χ3v) is 4.41. The number of rotatable bonds is 4. The average Bonchev–Trinajstić information content (AvgIpc) is 2.84. The topological polar surface area (TPSA) is 27.8 Å². The van der Waals surface area contributed by atoms with Crippen LogP contribution < -0.4 is 5.32 Å². The van der Waals surface area contributed by atoms with E-state index in [-0.39, 0.29) is 6.04 Å². The van der Waals surface area contributed by atoms with E-state index in [4.69, 9.17) is 0 Å². The van der Waals surface area contributed by atoms with Gasteiger partial charge in [-0.2, -0.15) is 13.2 Å². The SMILES string of the molecule is CC(Cc1c[nH]c2cc3c(cc12)CCCC3)NCC(F)(F)F. The van der Waals surface area contributed by atoms with Gasteiger partial charge in [0.1, 0.15) is 0 Å². The van der Waals surface area contributed by atoms with Gasteiger partial charge in [0, 0.05) is 23.1 Å². The van der Waals surface area contributed by atoms with Crippen molar-refractivity contribution in [1.29, 1.82) is 0 Å². The van der Waals surface area contributed by atoms with E-state index >= 15 is 0 Å². The summed E-state index contributed by atoms with van der Waals surface area (Å²) in [6.07, 6.45) is 3.07. The minimum absolute atomic E-state index is 0.211. The Bertz CT molecular complexity index is 658. The lowest BCUT2D eigenvalue weighted by atomic mass is 9.90. The van der Waals surface area contributed by atoms with Gasteiger partial charge in [0.15, 0.2) is 0 Å². The Morgan fingerprint density at radius 3 is 2.55 bits per heavy atom. The van der Waals surface area contributed by atoms with E-state index in [1.54, 1.807) is 6.92 Å². The number of fused-ring (bicyclic) bond motifs is 2. The fourth-order valence-corrected chi connectivity index (χ4v) is 3.27. The van der Waals surface area contributed by atoms with Gasteiger partial charge >= 0.3 is 6.18 Å². The quantitative estimate of drug-likeness (QED) is 0.873. The largest absolute Gasteiger partial charge is 0.401 e. The summed E-state index contributed by atoms with van der Waals surface area (Å²) in [6, 6.07) is 4.23. The normalized spacial score (nSPS) is 16.7. The summed E-state index contributed by atoms with van der Waals surface area (Å²) in [5.74, 6) is 0. The predicted molar refractivity (Wildman–Crippen MR) is 82.2 cm³/mol. The minimum Gasteiger partial charge on any atom is -0.361 e. The number of nitrogens with one attached hydrogen (secondary N) is 2. The maximum Gasteiger partial charge on any atom is 0.401 e. The predicted octanol–water partition coefficient (Wildman–Crippen LogP) is 4.13. The van der Waals surface area contributed by atoms with E-state index in [2.05, 4.69) is 22.4 Å². The second-order valence-corrected chi connectivity index (χ2v) is 6.29. The zero-order valence-electron chi connectivity index (χ0n) is 12.7. The van der Waals surface area contributed by atoms with Gasteiger partial charge in [-0.1, -0.05) is 0 Å². The van der Waals surface area contributed by atoms with E-state index in [0.717, 1.165) is 29.3 Å². The van der Waals surface area contributed by atoms with Crippen molar-refractivity contribution in [3.63, 3.8) is 0 Å². The molecule has 0 saturated heterocycles. The molecular weight excluding hydrogens is 289 g/mol. The Morgan fingerprint density at radius 1 is 1.18 bits per heavy atom.